The highest BCUT2D eigenvalue weighted by molar-refractivity contribution is 7.80. The third-order valence-corrected chi connectivity index (χ3v) is 1.87. The molecule has 0 aromatic carbocycles. The fourth-order valence-corrected chi connectivity index (χ4v) is 0.810. The van der Waals surface area contributed by atoms with Gasteiger partial charge in [-0.2, -0.15) is 0 Å². The van der Waals surface area contributed by atoms with E-state index in [2.05, 4.69) is 6.58 Å². The van der Waals surface area contributed by atoms with Crippen molar-refractivity contribution in [2.24, 2.45) is 0 Å². The Morgan fingerprint density at radius 2 is 2.10 bits per heavy atom. The van der Waals surface area contributed by atoms with Gasteiger partial charge in [0.05, 0.1) is 5.25 Å². The molecule has 0 aromatic heterocycles. The second kappa shape index (κ2) is 3.63. The fraction of sp³-hybridized carbons (Fsp3) is 0.500. The Balaban J connectivity index is 4.22. The molecule has 0 bridgehead atoms. The van der Waals surface area contributed by atoms with Gasteiger partial charge in [0, 0.05) is 0 Å². The molecule has 0 spiro atoms. The van der Waals surface area contributed by atoms with Crippen LogP contribution in [0.15, 0.2) is 12.2 Å². The van der Waals surface area contributed by atoms with Crippen molar-refractivity contribution in [1.82, 2.24) is 0 Å². The predicted molar refractivity (Wildman–Crippen MR) is 38.2 cm³/mol. The molecular weight excluding hydrogens is 152 g/mol. The number of carbonyl (C=O) groups excluding carboxylic acids is 1. The average molecular weight is 161 g/mol. The van der Waals surface area contributed by atoms with Gasteiger partial charge in [0.1, 0.15) is 0 Å². The first-order chi connectivity index (χ1) is 4.46. The van der Waals surface area contributed by atoms with Crippen LogP contribution in [0.5, 0.6) is 0 Å². The van der Waals surface area contributed by atoms with Crippen LogP contribution in [0.1, 0.15) is 13.8 Å². The Morgan fingerprint density at radius 3 is 2.20 bits per heavy atom. The van der Waals surface area contributed by atoms with E-state index in [0.717, 1.165) is 0 Å². The predicted octanol–water partition coefficient (Wildman–Crippen LogP) is 0.399. The minimum absolute atomic E-state index is 0.275. The van der Waals surface area contributed by atoms with E-state index < -0.39 is 22.1 Å². The second-order valence-electron chi connectivity index (χ2n) is 2.05. The Morgan fingerprint density at radius 1 is 1.70 bits per heavy atom. The topological polar surface area (TPSA) is 57.2 Å². The number of carbonyl (C=O) groups is 1. The number of Topliss-reactive ketones (excluding diaryl/α,β-unsaturated/α-hetero) is 1. The normalized spacial score (nSPS) is 15.9. The van der Waals surface area contributed by atoms with Crippen molar-refractivity contribution >= 4 is 16.9 Å². The highest BCUT2D eigenvalue weighted by Gasteiger charge is 2.12. The number of hydrogen-bond acceptors (Lipinski definition) is 3. The molecule has 0 N–H and O–H groups in total. The summed E-state index contributed by atoms with van der Waals surface area (Å²) >= 11 is -2.32. The van der Waals surface area contributed by atoms with Crippen molar-refractivity contribution in [3.63, 3.8) is 0 Å². The molecule has 0 fully saturated rings. The van der Waals surface area contributed by atoms with E-state index in [9.17, 15) is 13.6 Å². The minimum Gasteiger partial charge on any atom is -0.772 e. The van der Waals surface area contributed by atoms with Crippen LogP contribution < -0.4 is 0 Å². The van der Waals surface area contributed by atoms with Crippen LogP contribution in [-0.4, -0.2) is 19.8 Å². The monoisotopic (exact) mass is 161 g/mol. The molecule has 3 nitrogen and oxygen atoms in total. The lowest BCUT2D eigenvalue weighted by atomic mass is 10.2. The summed E-state index contributed by atoms with van der Waals surface area (Å²) in [6, 6.07) is 0. The van der Waals surface area contributed by atoms with Gasteiger partial charge in [-0.05, 0) is 30.5 Å². The Bertz CT molecular complexity index is 185. The van der Waals surface area contributed by atoms with E-state index in [1.807, 2.05) is 0 Å². The number of rotatable bonds is 3. The molecule has 0 amide bonds. The molecule has 0 saturated carbocycles. The third kappa shape index (κ3) is 2.41. The molecule has 58 valence electrons. The molecule has 0 aliphatic rings. The first-order valence-electron chi connectivity index (χ1n) is 2.74. The lowest BCUT2D eigenvalue weighted by Crippen LogP contribution is -2.22. The van der Waals surface area contributed by atoms with Gasteiger partial charge in [0.2, 0.25) is 0 Å². The number of allylic oxidation sites excluding steroid dienone is 1. The second-order valence-corrected chi connectivity index (χ2v) is 3.28. The molecule has 2 unspecified atom stereocenters. The molecule has 0 aliphatic heterocycles. The summed E-state index contributed by atoms with van der Waals surface area (Å²) in [6.07, 6.45) is 0. The highest BCUT2D eigenvalue weighted by atomic mass is 32.2. The number of ketones is 1. The largest absolute Gasteiger partial charge is 0.772 e. The summed E-state index contributed by atoms with van der Waals surface area (Å²) in [6.45, 7) is 6.16. The summed E-state index contributed by atoms with van der Waals surface area (Å²) in [7, 11) is 0. The molecular formula is C6H9O3S-. The third-order valence-electron chi connectivity index (χ3n) is 1.08. The SMILES string of the molecule is C=C(C)C(=O)C(C)S(=O)[O-]. The maximum absolute atomic E-state index is 10.8. The van der Waals surface area contributed by atoms with Crippen molar-refractivity contribution in [3.8, 4) is 0 Å². The van der Waals surface area contributed by atoms with Gasteiger partial charge in [-0.3, -0.25) is 9.00 Å². The molecule has 10 heavy (non-hydrogen) atoms. The van der Waals surface area contributed by atoms with Crippen molar-refractivity contribution in [1.29, 1.82) is 0 Å². The maximum Gasteiger partial charge on any atom is 0.172 e. The highest BCUT2D eigenvalue weighted by Crippen LogP contribution is 2.00. The van der Waals surface area contributed by atoms with E-state index in [0.29, 0.717) is 0 Å². The van der Waals surface area contributed by atoms with Gasteiger partial charge in [0.25, 0.3) is 0 Å². The summed E-state index contributed by atoms with van der Waals surface area (Å²) in [5.74, 6) is -0.423. The summed E-state index contributed by atoms with van der Waals surface area (Å²) in [5.41, 5.74) is 0.275. The zero-order chi connectivity index (χ0) is 8.31. The first kappa shape index (κ1) is 9.52. The zero-order valence-corrected chi connectivity index (χ0v) is 6.73. The Labute approximate surface area is 62.4 Å². The van der Waals surface area contributed by atoms with Crippen LogP contribution >= 0.6 is 0 Å². The summed E-state index contributed by atoms with van der Waals surface area (Å²) in [5, 5.41) is -0.961. The Kier molecular flexibility index (Phi) is 3.46. The molecule has 0 radical (unpaired) electrons. The smallest absolute Gasteiger partial charge is 0.172 e. The maximum atomic E-state index is 10.8. The molecule has 0 aromatic rings. The molecule has 4 heteroatoms. The fourth-order valence-electron chi connectivity index (χ4n) is 0.434. The average Bonchev–Trinajstić information content (AvgIpc) is 1.84. The van der Waals surface area contributed by atoms with Gasteiger partial charge >= 0.3 is 0 Å². The molecule has 0 saturated heterocycles. The minimum atomic E-state index is -2.32. The van der Waals surface area contributed by atoms with Gasteiger partial charge in [-0.25, -0.2) is 0 Å². The van der Waals surface area contributed by atoms with Crippen LogP contribution in [-0.2, 0) is 15.9 Å². The molecule has 0 rings (SSSR count). The van der Waals surface area contributed by atoms with E-state index in [-0.39, 0.29) is 5.57 Å². The van der Waals surface area contributed by atoms with Crippen LogP contribution in [0.2, 0.25) is 0 Å². The lowest BCUT2D eigenvalue weighted by Gasteiger charge is -2.12. The molecule has 2 atom stereocenters. The standard InChI is InChI=1S/C6H10O3S/c1-4(2)6(7)5(3)10(8)9/h5H,1H2,2-3H3,(H,8,9)/p-1. The van der Waals surface area contributed by atoms with E-state index in [1.165, 1.54) is 13.8 Å². The van der Waals surface area contributed by atoms with Crippen LogP contribution in [0.4, 0.5) is 0 Å². The van der Waals surface area contributed by atoms with Crippen molar-refractivity contribution in [2.75, 3.05) is 0 Å². The van der Waals surface area contributed by atoms with Gasteiger partial charge in [-0.15, -0.1) is 0 Å². The van der Waals surface area contributed by atoms with Crippen molar-refractivity contribution < 1.29 is 13.6 Å². The Hall–Kier alpha value is -0.480. The first-order valence-corrected chi connectivity index (χ1v) is 3.88. The number of hydrogen-bond donors (Lipinski definition) is 0. The van der Waals surface area contributed by atoms with Crippen LogP contribution in [0, 0.1) is 0 Å². The molecule has 0 heterocycles. The van der Waals surface area contributed by atoms with Crippen molar-refractivity contribution in [3.05, 3.63) is 12.2 Å². The van der Waals surface area contributed by atoms with Gasteiger partial charge in [0.15, 0.2) is 5.78 Å². The summed E-state index contributed by atoms with van der Waals surface area (Å²) < 4.78 is 20.4. The van der Waals surface area contributed by atoms with Gasteiger partial charge < -0.3 is 4.55 Å². The van der Waals surface area contributed by atoms with Gasteiger partial charge in [-0.1, -0.05) is 6.58 Å². The zero-order valence-electron chi connectivity index (χ0n) is 5.92. The van der Waals surface area contributed by atoms with E-state index in [4.69, 9.17) is 0 Å². The lowest BCUT2D eigenvalue weighted by molar-refractivity contribution is -0.114. The molecule has 0 aliphatic carbocycles. The van der Waals surface area contributed by atoms with E-state index in [1.54, 1.807) is 0 Å². The van der Waals surface area contributed by atoms with Crippen LogP contribution in [0.3, 0.4) is 0 Å². The van der Waals surface area contributed by atoms with Crippen LogP contribution in [0.25, 0.3) is 0 Å². The van der Waals surface area contributed by atoms with Crippen molar-refractivity contribution in [2.45, 2.75) is 19.1 Å². The summed E-state index contributed by atoms with van der Waals surface area (Å²) in [4.78, 5) is 10.8. The quantitative estimate of drug-likeness (QED) is 0.444. The van der Waals surface area contributed by atoms with E-state index >= 15 is 0 Å².